The molecule has 5 unspecified atom stereocenters. The van der Waals surface area contributed by atoms with Crippen molar-refractivity contribution in [1.82, 2.24) is 16.0 Å². The first-order valence-electron chi connectivity index (χ1n) is 12.4. The molecule has 0 radical (unpaired) electrons. The number of hydrogen-bond donors (Lipinski definition) is 8. The van der Waals surface area contributed by atoms with E-state index < -0.39 is 66.2 Å². The number of carboxylic acid groups (broad SMARTS) is 2. The third-order valence-corrected chi connectivity index (χ3v) is 6.14. The van der Waals surface area contributed by atoms with Crippen LogP contribution in [0.2, 0.25) is 0 Å². The van der Waals surface area contributed by atoms with E-state index in [2.05, 4.69) is 16.0 Å². The summed E-state index contributed by atoms with van der Waals surface area (Å²) in [6.45, 7) is 3.57. The molecule has 0 aliphatic heterocycles. The Labute approximate surface area is 225 Å². The van der Waals surface area contributed by atoms with Crippen LogP contribution in [-0.2, 0) is 35.2 Å². The van der Waals surface area contributed by atoms with Gasteiger partial charge in [0.2, 0.25) is 23.6 Å². The second kappa shape index (κ2) is 15.9. The molecule has 10 N–H and O–H groups in total. The molecule has 0 saturated carbocycles. The van der Waals surface area contributed by atoms with Gasteiger partial charge in [0.15, 0.2) is 0 Å². The summed E-state index contributed by atoms with van der Waals surface area (Å²) in [4.78, 5) is 72.9. The van der Waals surface area contributed by atoms with Crippen LogP contribution < -0.4 is 27.4 Å². The quantitative estimate of drug-likeness (QED) is 0.117. The molecule has 0 heterocycles. The summed E-state index contributed by atoms with van der Waals surface area (Å²) >= 11 is 0. The maximum absolute atomic E-state index is 13.1. The number of hydrogen-bond acceptors (Lipinski definition) is 8. The van der Waals surface area contributed by atoms with Crippen molar-refractivity contribution in [1.29, 1.82) is 0 Å². The zero-order valence-corrected chi connectivity index (χ0v) is 21.9. The first-order valence-corrected chi connectivity index (χ1v) is 12.4. The van der Waals surface area contributed by atoms with Crippen molar-refractivity contribution >= 4 is 35.6 Å². The van der Waals surface area contributed by atoms with Crippen LogP contribution in [0.3, 0.4) is 0 Å². The van der Waals surface area contributed by atoms with Gasteiger partial charge in [-0.15, -0.1) is 0 Å². The smallest absolute Gasteiger partial charge is 0.326 e. The van der Waals surface area contributed by atoms with Gasteiger partial charge in [0.05, 0.1) is 6.04 Å². The largest absolute Gasteiger partial charge is 0.508 e. The summed E-state index contributed by atoms with van der Waals surface area (Å²) in [6.07, 6.45) is -1.000. The fourth-order valence-corrected chi connectivity index (χ4v) is 3.48. The number of nitrogens with one attached hydrogen (secondary N) is 3. The molecule has 0 bridgehead atoms. The number of aliphatic carboxylic acids is 2. The highest BCUT2D eigenvalue weighted by Crippen LogP contribution is 2.12. The molecule has 0 spiro atoms. The molecule has 0 saturated heterocycles. The molecule has 4 amide bonds. The van der Waals surface area contributed by atoms with E-state index in [1.807, 2.05) is 6.92 Å². The van der Waals surface area contributed by atoms with Crippen LogP contribution in [0, 0.1) is 5.92 Å². The van der Waals surface area contributed by atoms with Gasteiger partial charge in [0.1, 0.15) is 23.9 Å². The highest BCUT2D eigenvalue weighted by atomic mass is 16.4. The average molecular weight is 552 g/mol. The summed E-state index contributed by atoms with van der Waals surface area (Å²) in [5, 5.41) is 35.2. The molecule has 0 aliphatic rings. The van der Waals surface area contributed by atoms with Crippen molar-refractivity contribution in [2.24, 2.45) is 17.4 Å². The SMILES string of the molecule is CCC(C)C(N)C(=O)NC(CCC(N)=O)C(=O)NC(CCC(=O)O)C(=O)NC(Cc1ccc(O)cc1)C(=O)O. The molecule has 5 atom stereocenters. The lowest BCUT2D eigenvalue weighted by atomic mass is 9.98. The number of carbonyl (C=O) groups is 6. The summed E-state index contributed by atoms with van der Waals surface area (Å²) in [7, 11) is 0. The topological polar surface area (TPSA) is 251 Å². The van der Waals surface area contributed by atoms with Crippen molar-refractivity contribution in [3.05, 3.63) is 29.8 Å². The summed E-state index contributed by atoms with van der Waals surface area (Å²) in [6, 6.07) is 0.429. The Kier molecular flexibility index (Phi) is 13.4. The molecule has 39 heavy (non-hydrogen) atoms. The molecule has 1 rings (SSSR count). The standard InChI is InChI=1S/C25H37N5O9/c1-3-13(2)21(27)24(37)29-16(8-10-19(26)32)22(35)28-17(9-11-20(33)34)23(36)30-18(25(38)39)12-14-4-6-15(31)7-5-14/h4-7,13,16-18,21,31H,3,8-12,27H2,1-2H3,(H2,26,32)(H,28,35)(H,29,37)(H,30,36)(H,33,34)(H,38,39). The van der Waals surface area contributed by atoms with E-state index in [9.17, 15) is 39.0 Å². The van der Waals surface area contributed by atoms with Gasteiger partial charge in [-0.1, -0.05) is 32.4 Å². The van der Waals surface area contributed by atoms with E-state index in [-0.39, 0.29) is 37.4 Å². The number of carbonyl (C=O) groups excluding carboxylic acids is 4. The molecule has 14 nitrogen and oxygen atoms in total. The van der Waals surface area contributed by atoms with Gasteiger partial charge in [0, 0.05) is 19.3 Å². The van der Waals surface area contributed by atoms with E-state index in [0.717, 1.165) is 0 Å². The maximum Gasteiger partial charge on any atom is 0.326 e. The Morgan fingerprint density at radius 3 is 1.77 bits per heavy atom. The lowest BCUT2D eigenvalue weighted by Gasteiger charge is -2.26. The predicted molar refractivity (Wildman–Crippen MR) is 138 cm³/mol. The van der Waals surface area contributed by atoms with Crippen molar-refractivity contribution in [2.75, 3.05) is 0 Å². The number of primary amides is 1. The second-order valence-corrected chi connectivity index (χ2v) is 9.24. The predicted octanol–water partition coefficient (Wildman–Crippen LogP) is -1.02. The number of aromatic hydroxyl groups is 1. The summed E-state index contributed by atoms with van der Waals surface area (Å²) in [5.41, 5.74) is 11.6. The summed E-state index contributed by atoms with van der Waals surface area (Å²) in [5.74, 6) is -6.18. The molecular formula is C25H37N5O9. The number of carboxylic acids is 2. The highest BCUT2D eigenvalue weighted by molar-refractivity contribution is 5.94. The highest BCUT2D eigenvalue weighted by Gasteiger charge is 2.31. The van der Waals surface area contributed by atoms with Gasteiger partial charge in [-0.2, -0.15) is 0 Å². The monoisotopic (exact) mass is 551 g/mol. The van der Waals surface area contributed by atoms with E-state index in [1.54, 1.807) is 6.92 Å². The van der Waals surface area contributed by atoms with Crippen LogP contribution in [0.25, 0.3) is 0 Å². The zero-order valence-electron chi connectivity index (χ0n) is 21.9. The van der Waals surface area contributed by atoms with Gasteiger partial charge in [-0.05, 0) is 36.5 Å². The fourth-order valence-electron chi connectivity index (χ4n) is 3.48. The van der Waals surface area contributed by atoms with Crippen LogP contribution in [0.4, 0.5) is 0 Å². The Hall–Kier alpha value is -4.20. The van der Waals surface area contributed by atoms with Crippen molar-refractivity contribution in [3.63, 3.8) is 0 Å². The summed E-state index contributed by atoms with van der Waals surface area (Å²) < 4.78 is 0. The molecule has 0 fully saturated rings. The van der Waals surface area contributed by atoms with E-state index in [1.165, 1.54) is 24.3 Å². The van der Waals surface area contributed by atoms with Crippen LogP contribution in [-0.4, -0.2) is 75.1 Å². The van der Waals surface area contributed by atoms with Crippen molar-refractivity contribution in [3.8, 4) is 5.75 Å². The number of rotatable bonds is 17. The van der Waals surface area contributed by atoms with E-state index in [4.69, 9.17) is 16.6 Å². The third-order valence-electron chi connectivity index (χ3n) is 6.14. The molecular weight excluding hydrogens is 514 g/mol. The number of benzene rings is 1. The second-order valence-electron chi connectivity index (χ2n) is 9.24. The number of amides is 4. The Balaban J connectivity index is 3.09. The number of phenolic OH excluding ortho intramolecular Hbond substituents is 1. The van der Waals surface area contributed by atoms with Gasteiger partial charge in [0.25, 0.3) is 0 Å². The molecule has 0 aromatic heterocycles. The Morgan fingerprint density at radius 2 is 1.31 bits per heavy atom. The average Bonchev–Trinajstić information content (AvgIpc) is 2.87. The van der Waals surface area contributed by atoms with Crippen LogP contribution >= 0.6 is 0 Å². The maximum atomic E-state index is 13.1. The minimum atomic E-state index is -1.48. The van der Waals surface area contributed by atoms with E-state index in [0.29, 0.717) is 12.0 Å². The lowest BCUT2D eigenvalue weighted by Crippen LogP contribution is -2.58. The van der Waals surface area contributed by atoms with Crippen LogP contribution in [0.5, 0.6) is 5.75 Å². The molecule has 1 aromatic carbocycles. The van der Waals surface area contributed by atoms with Gasteiger partial charge >= 0.3 is 11.9 Å². The molecule has 14 heteroatoms. The van der Waals surface area contributed by atoms with E-state index >= 15 is 0 Å². The lowest BCUT2D eigenvalue weighted by molar-refractivity contribution is -0.143. The van der Waals surface area contributed by atoms with Crippen molar-refractivity contribution < 1.29 is 44.1 Å². The van der Waals surface area contributed by atoms with Crippen molar-refractivity contribution in [2.45, 2.75) is 76.5 Å². The first kappa shape index (κ1) is 32.8. The number of nitrogens with two attached hydrogens (primary N) is 2. The van der Waals surface area contributed by atoms with Gasteiger partial charge in [-0.3, -0.25) is 24.0 Å². The molecule has 216 valence electrons. The normalized spacial score (nSPS) is 14.6. The van der Waals surface area contributed by atoms with Crippen LogP contribution in [0.1, 0.15) is 51.5 Å². The third kappa shape index (κ3) is 11.8. The first-order chi connectivity index (χ1) is 18.2. The zero-order chi connectivity index (χ0) is 29.7. The van der Waals surface area contributed by atoms with Gasteiger partial charge in [-0.25, -0.2) is 4.79 Å². The fraction of sp³-hybridized carbons (Fsp3) is 0.520. The Morgan fingerprint density at radius 1 is 0.821 bits per heavy atom. The van der Waals surface area contributed by atoms with Gasteiger partial charge < -0.3 is 42.7 Å². The van der Waals surface area contributed by atoms with Crippen LogP contribution in [0.15, 0.2) is 24.3 Å². The minimum absolute atomic E-state index is 0.0332. The minimum Gasteiger partial charge on any atom is -0.508 e. The molecule has 1 aromatic rings. The number of phenols is 1. The molecule has 0 aliphatic carbocycles. The Bertz CT molecular complexity index is 1030.